The Kier molecular flexibility index (Phi) is 3.28. The molecule has 0 bridgehead atoms. The van der Waals surface area contributed by atoms with Gasteiger partial charge in [-0.1, -0.05) is 18.5 Å². The average molecular weight is 186 g/mol. The number of hydrogen-bond acceptors (Lipinski definition) is 1. The monoisotopic (exact) mass is 185 g/mol. The Labute approximate surface area is 77.0 Å². The summed E-state index contributed by atoms with van der Waals surface area (Å²) in [5.41, 5.74) is 0. The van der Waals surface area contributed by atoms with Gasteiger partial charge in [0.05, 0.1) is 0 Å². The van der Waals surface area contributed by atoms with E-state index in [4.69, 9.17) is 11.6 Å². The van der Waals surface area contributed by atoms with Crippen LogP contribution >= 0.6 is 23.4 Å². The van der Waals surface area contributed by atoms with Gasteiger partial charge in [-0.25, -0.2) is 0 Å². The first-order valence-electron chi connectivity index (χ1n) is 3.44. The van der Waals surface area contributed by atoms with Crippen LogP contribution in [0.1, 0.15) is 6.92 Å². The van der Waals surface area contributed by atoms with E-state index in [1.165, 1.54) is 4.90 Å². The molecule has 2 heteroatoms. The summed E-state index contributed by atoms with van der Waals surface area (Å²) in [4.78, 5) is 1.22. The van der Waals surface area contributed by atoms with E-state index in [1.54, 1.807) is 11.8 Å². The predicted molar refractivity (Wildman–Crippen MR) is 52.1 cm³/mol. The second-order valence-electron chi connectivity index (χ2n) is 2.38. The molecule has 0 aliphatic rings. The third kappa shape index (κ3) is 3.17. The highest BCUT2D eigenvalue weighted by Crippen LogP contribution is 2.23. The zero-order valence-electron chi connectivity index (χ0n) is 6.38. The fourth-order valence-electron chi connectivity index (χ4n) is 0.745. The van der Waals surface area contributed by atoms with Crippen molar-refractivity contribution in [2.45, 2.75) is 17.1 Å². The predicted octanol–water partition coefficient (Wildman–Crippen LogP) is 3.65. The highest BCUT2D eigenvalue weighted by atomic mass is 35.5. The molecule has 1 rings (SSSR count). The first-order valence-corrected chi connectivity index (χ1v) is 4.69. The fraction of sp³-hybridized carbons (Fsp3) is 0.222. The Morgan fingerprint density at radius 1 is 1.36 bits per heavy atom. The van der Waals surface area contributed by atoms with E-state index in [0.717, 1.165) is 5.02 Å². The van der Waals surface area contributed by atoms with Crippen molar-refractivity contribution in [2.75, 3.05) is 0 Å². The molecule has 0 aromatic heterocycles. The van der Waals surface area contributed by atoms with E-state index < -0.39 is 0 Å². The molecule has 59 valence electrons. The topological polar surface area (TPSA) is 0 Å². The van der Waals surface area contributed by atoms with Gasteiger partial charge in [0.2, 0.25) is 0 Å². The fourth-order valence-corrected chi connectivity index (χ4v) is 1.63. The number of rotatable bonds is 2. The van der Waals surface area contributed by atoms with Crippen LogP contribution < -0.4 is 0 Å². The molecule has 0 spiro atoms. The molecule has 0 fully saturated rings. The zero-order valence-corrected chi connectivity index (χ0v) is 7.95. The Balaban J connectivity index is 2.66. The van der Waals surface area contributed by atoms with Gasteiger partial charge in [-0.2, -0.15) is 0 Å². The van der Waals surface area contributed by atoms with E-state index in [-0.39, 0.29) is 0 Å². The lowest BCUT2D eigenvalue weighted by Crippen LogP contribution is -1.85. The molecule has 1 aromatic carbocycles. The average Bonchev–Trinajstić information content (AvgIpc) is 1.93. The third-order valence-electron chi connectivity index (χ3n) is 1.15. The minimum absolute atomic E-state index is 0.385. The molecular weight excluding hydrogens is 176 g/mol. The van der Waals surface area contributed by atoms with Crippen LogP contribution in [0.5, 0.6) is 0 Å². The van der Waals surface area contributed by atoms with E-state index in [9.17, 15) is 0 Å². The lowest BCUT2D eigenvalue weighted by Gasteiger charge is -2.03. The molecule has 1 atom stereocenters. The molecule has 0 saturated carbocycles. The number of hydrogen-bond donors (Lipinski definition) is 0. The second-order valence-corrected chi connectivity index (χ2v) is 4.33. The van der Waals surface area contributed by atoms with Gasteiger partial charge in [0, 0.05) is 15.2 Å². The maximum absolute atomic E-state index is 5.72. The van der Waals surface area contributed by atoms with Gasteiger partial charge in [0.1, 0.15) is 0 Å². The minimum Gasteiger partial charge on any atom is -0.123 e. The summed E-state index contributed by atoms with van der Waals surface area (Å²) in [6, 6.07) is 7.81. The molecule has 11 heavy (non-hydrogen) atoms. The van der Waals surface area contributed by atoms with Crippen molar-refractivity contribution in [1.82, 2.24) is 0 Å². The third-order valence-corrected chi connectivity index (χ3v) is 2.35. The van der Waals surface area contributed by atoms with Gasteiger partial charge >= 0.3 is 0 Å². The maximum atomic E-state index is 5.72. The van der Waals surface area contributed by atoms with Gasteiger partial charge in [-0.05, 0) is 31.2 Å². The van der Waals surface area contributed by atoms with Crippen LogP contribution in [0, 0.1) is 6.92 Å². The smallest absolute Gasteiger partial charge is 0.0406 e. The van der Waals surface area contributed by atoms with Gasteiger partial charge < -0.3 is 0 Å². The van der Waals surface area contributed by atoms with Crippen molar-refractivity contribution in [1.29, 1.82) is 0 Å². The molecule has 0 heterocycles. The molecule has 0 saturated heterocycles. The molecule has 0 aliphatic heterocycles. The Bertz CT molecular complexity index is 216. The number of thioether (sulfide) groups is 1. The van der Waals surface area contributed by atoms with E-state index in [2.05, 4.69) is 13.8 Å². The lowest BCUT2D eigenvalue weighted by atomic mass is 10.4. The largest absolute Gasteiger partial charge is 0.123 e. The van der Waals surface area contributed by atoms with Gasteiger partial charge in [0.15, 0.2) is 0 Å². The summed E-state index contributed by atoms with van der Waals surface area (Å²) >= 11 is 7.46. The minimum atomic E-state index is 0.385. The van der Waals surface area contributed by atoms with Gasteiger partial charge in [-0.3, -0.25) is 0 Å². The van der Waals surface area contributed by atoms with Crippen LogP contribution in [0.3, 0.4) is 0 Å². The molecule has 0 amide bonds. The molecule has 1 aromatic rings. The van der Waals surface area contributed by atoms with Crippen LogP contribution in [0.25, 0.3) is 0 Å². The first-order chi connectivity index (χ1) is 5.18. The lowest BCUT2D eigenvalue weighted by molar-refractivity contribution is 1.24. The molecule has 1 unspecified atom stereocenters. The van der Waals surface area contributed by atoms with Crippen molar-refractivity contribution in [2.24, 2.45) is 0 Å². The SMILES string of the molecule is [CH2]C(C)Sc1ccc(Cl)cc1. The standard InChI is InChI=1S/C9H10ClS/c1-7(2)11-9-5-3-8(10)4-6-9/h3-7H,1H2,2H3. The Hall–Kier alpha value is -0.140. The Morgan fingerprint density at radius 3 is 2.36 bits per heavy atom. The number of benzene rings is 1. The molecule has 0 nitrogen and oxygen atoms in total. The summed E-state index contributed by atoms with van der Waals surface area (Å²) in [7, 11) is 0. The van der Waals surface area contributed by atoms with Crippen molar-refractivity contribution in [3.05, 3.63) is 36.2 Å². The summed E-state index contributed by atoms with van der Waals surface area (Å²) < 4.78 is 0. The molecule has 0 aliphatic carbocycles. The molecule has 1 radical (unpaired) electrons. The van der Waals surface area contributed by atoms with Gasteiger partial charge in [-0.15, -0.1) is 11.8 Å². The van der Waals surface area contributed by atoms with Crippen LogP contribution in [0.2, 0.25) is 5.02 Å². The van der Waals surface area contributed by atoms with Crippen LogP contribution in [-0.2, 0) is 0 Å². The normalized spacial score (nSPS) is 10.5. The zero-order chi connectivity index (χ0) is 8.27. The van der Waals surface area contributed by atoms with Crippen molar-refractivity contribution in [3.63, 3.8) is 0 Å². The van der Waals surface area contributed by atoms with E-state index in [1.807, 2.05) is 24.3 Å². The molecular formula is C9H10ClS. The summed E-state index contributed by atoms with van der Waals surface area (Å²) in [6.07, 6.45) is 0. The maximum Gasteiger partial charge on any atom is 0.0406 e. The van der Waals surface area contributed by atoms with Crippen molar-refractivity contribution in [3.8, 4) is 0 Å². The van der Waals surface area contributed by atoms with Crippen LogP contribution in [-0.4, -0.2) is 5.25 Å². The molecule has 0 N–H and O–H groups in total. The Morgan fingerprint density at radius 2 is 1.91 bits per heavy atom. The quantitative estimate of drug-likeness (QED) is 0.634. The van der Waals surface area contributed by atoms with E-state index >= 15 is 0 Å². The summed E-state index contributed by atoms with van der Waals surface area (Å²) in [5.74, 6) is 0. The second kappa shape index (κ2) is 4.03. The number of halogens is 1. The summed E-state index contributed by atoms with van der Waals surface area (Å²) in [5, 5.41) is 1.17. The highest BCUT2D eigenvalue weighted by molar-refractivity contribution is 8.00. The van der Waals surface area contributed by atoms with E-state index in [0.29, 0.717) is 5.25 Å². The van der Waals surface area contributed by atoms with Crippen molar-refractivity contribution >= 4 is 23.4 Å². The van der Waals surface area contributed by atoms with Crippen LogP contribution in [0.15, 0.2) is 29.2 Å². The van der Waals surface area contributed by atoms with Crippen molar-refractivity contribution < 1.29 is 0 Å². The van der Waals surface area contributed by atoms with Crippen LogP contribution in [0.4, 0.5) is 0 Å². The summed E-state index contributed by atoms with van der Waals surface area (Å²) in [6.45, 7) is 5.95. The van der Waals surface area contributed by atoms with Gasteiger partial charge in [0.25, 0.3) is 0 Å². The first kappa shape index (κ1) is 8.95. The highest BCUT2D eigenvalue weighted by Gasteiger charge is 1.96.